The lowest BCUT2D eigenvalue weighted by Crippen LogP contribution is -2.42. The van der Waals surface area contributed by atoms with Crippen LogP contribution in [-0.2, 0) is 15.1 Å². The van der Waals surface area contributed by atoms with Crippen molar-refractivity contribution in [2.24, 2.45) is 0 Å². The zero-order valence-electron chi connectivity index (χ0n) is 9.84. The molecule has 1 heterocycles. The molecule has 1 fully saturated rings. The second kappa shape index (κ2) is 3.23. The van der Waals surface area contributed by atoms with E-state index < -0.39 is 17.6 Å². The van der Waals surface area contributed by atoms with Gasteiger partial charge in [0.2, 0.25) is 0 Å². The van der Waals surface area contributed by atoms with E-state index in [0.29, 0.717) is 0 Å². The first-order valence-electron chi connectivity index (χ1n) is 5.97. The lowest BCUT2D eigenvalue weighted by molar-refractivity contribution is -0.138. The van der Waals surface area contributed by atoms with Gasteiger partial charge in [0, 0.05) is 11.1 Å². The molecule has 2 aliphatic rings. The van der Waals surface area contributed by atoms with Crippen LogP contribution in [0.1, 0.15) is 11.1 Å². The minimum atomic E-state index is -1.18. The van der Waals surface area contributed by atoms with Crippen LogP contribution in [0.2, 0.25) is 0 Å². The Balaban J connectivity index is 2.13. The van der Waals surface area contributed by atoms with Crippen LogP contribution < -0.4 is 5.32 Å². The van der Waals surface area contributed by atoms with Gasteiger partial charge in [-0.15, -0.1) is 0 Å². The van der Waals surface area contributed by atoms with E-state index in [-0.39, 0.29) is 0 Å². The van der Waals surface area contributed by atoms with E-state index in [1.54, 1.807) is 0 Å². The molecule has 0 saturated carbocycles. The first-order chi connectivity index (χ1) is 9.23. The molecule has 19 heavy (non-hydrogen) atoms. The number of nitrogens with one attached hydrogen (secondary N) is 1. The number of hydrogen-bond donors (Lipinski definition) is 1. The highest BCUT2D eigenvalue weighted by atomic mass is 16.6. The minimum Gasteiger partial charge on any atom is -0.374 e. The van der Waals surface area contributed by atoms with Crippen LogP contribution >= 0.6 is 0 Å². The second-order valence-electron chi connectivity index (χ2n) is 4.64. The van der Waals surface area contributed by atoms with Crippen molar-refractivity contribution in [3.8, 4) is 11.1 Å². The van der Waals surface area contributed by atoms with Gasteiger partial charge in [0.15, 0.2) is 5.54 Å². The Kier molecular flexibility index (Phi) is 1.75. The molecule has 2 aromatic carbocycles. The van der Waals surface area contributed by atoms with E-state index in [2.05, 4.69) is 5.32 Å². The number of cyclic esters (lactones) is 2. The summed E-state index contributed by atoms with van der Waals surface area (Å²) in [5.41, 5.74) is 2.28. The lowest BCUT2D eigenvalue weighted by Gasteiger charge is -2.21. The third-order valence-corrected chi connectivity index (χ3v) is 3.73. The molecule has 1 aliphatic carbocycles. The van der Waals surface area contributed by atoms with E-state index in [1.165, 1.54) is 0 Å². The van der Waals surface area contributed by atoms with E-state index in [9.17, 15) is 9.59 Å². The van der Waals surface area contributed by atoms with E-state index >= 15 is 0 Å². The quantitative estimate of drug-likeness (QED) is 0.576. The third kappa shape index (κ3) is 1.08. The van der Waals surface area contributed by atoms with Gasteiger partial charge in [-0.25, -0.2) is 9.59 Å². The fourth-order valence-corrected chi connectivity index (χ4v) is 2.98. The Hall–Kier alpha value is -2.62. The molecule has 1 saturated heterocycles. The highest BCUT2D eigenvalue weighted by Crippen LogP contribution is 2.49. The summed E-state index contributed by atoms with van der Waals surface area (Å²) in [4.78, 5) is 23.7. The molecule has 92 valence electrons. The van der Waals surface area contributed by atoms with Gasteiger partial charge in [-0.3, -0.25) is 5.32 Å². The number of carbonyl (C=O) groups excluding carboxylic acids is 2. The van der Waals surface area contributed by atoms with Crippen LogP contribution in [0.5, 0.6) is 0 Å². The van der Waals surface area contributed by atoms with E-state index in [1.807, 2.05) is 48.5 Å². The molecule has 0 radical (unpaired) electrons. The first-order valence-corrected chi connectivity index (χ1v) is 5.97. The maximum atomic E-state index is 12.2. The largest absolute Gasteiger partial charge is 0.416 e. The molecule has 1 amide bonds. The summed E-state index contributed by atoms with van der Waals surface area (Å²) in [6, 6.07) is 15.1. The highest BCUT2D eigenvalue weighted by molar-refractivity contribution is 6.07. The van der Waals surface area contributed by atoms with Crippen molar-refractivity contribution in [2.45, 2.75) is 5.54 Å². The standard InChI is InChI=1S/C15H9NO3/c17-13-15(16-14(18)19-13)11-7-3-1-5-9(11)10-6-2-4-8-12(10)15/h1-8H,(H,16,18). The van der Waals surface area contributed by atoms with Gasteiger partial charge >= 0.3 is 12.1 Å². The molecule has 1 aliphatic heterocycles. The second-order valence-corrected chi connectivity index (χ2v) is 4.64. The van der Waals surface area contributed by atoms with Crippen molar-refractivity contribution in [3.63, 3.8) is 0 Å². The number of fused-ring (bicyclic) bond motifs is 5. The van der Waals surface area contributed by atoms with Gasteiger partial charge in [-0.05, 0) is 11.1 Å². The summed E-state index contributed by atoms with van der Waals surface area (Å²) in [5.74, 6) is -0.560. The van der Waals surface area contributed by atoms with Crippen molar-refractivity contribution < 1.29 is 14.3 Å². The van der Waals surface area contributed by atoms with Crippen LogP contribution in [0.3, 0.4) is 0 Å². The lowest BCUT2D eigenvalue weighted by atomic mass is 9.88. The molecule has 0 bridgehead atoms. The summed E-state index contributed by atoms with van der Waals surface area (Å²) < 4.78 is 4.72. The zero-order chi connectivity index (χ0) is 13.0. The van der Waals surface area contributed by atoms with Crippen molar-refractivity contribution in [1.82, 2.24) is 5.32 Å². The third-order valence-electron chi connectivity index (χ3n) is 3.73. The summed E-state index contributed by atoms with van der Waals surface area (Å²) >= 11 is 0. The SMILES string of the molecule is O=C1NC2(C(=O)O1)c1ccccc1-c1ccccc12. The number of carbonyl (C=O) groups is 2. The maximum Gasteiger partial charge on any atom is 0.416 e. The molecule has 4 rings (SSSR count). The van der Waals surface area contributed by atoms with E-state index in [0.717, 1.165) is 22.3 Å². The molecular formula is C15H9NO3. The number of benzene rings is 2. The number of esters is 1. The predicted molar refractivity (Wildman–Crippen MR) is 67.3 cm³/mol. The van der Waals surface area contributed by atoms with Crippen LogP contribution in [0.25, 0.3) is 11.1 Å². The molecular weight excluding hydrogens is 242 g/mol. The van der Waals surface area contributed by atoms with Gasteiger partial charge in [0.05, 0.1) is 0 Å². The zero-order valence-corrected chi connectivity index (χ0v) is 9.84. The number of rotatable bonds is 0. The minimum absolute atomic E-state index is 0.560. The Bertz CT molecular complexity index is 690. The highest BCUT2D eigenvalue weighted by Gasteiger charge is 2.56. The molecule has 0 unspecified atom stereocenters. The molecule has 1 spiro atoms. The summed E-state index contributed by atoms with van der Waals surface area (Å²) in [5, 5.41) is 2.68. The maximum absolute atomic E-state index is 12.2. The van der Waals surface area contributed by atoms with Gasteiger partial charge < -0.3 is 4.74 Å². The Morgan fingerprint density at radius 3 is 1.84 bits per heavy atom. The molecule has 4 heteroatoms. The number of hydrogen-bond acceptors (Lipinski definition) is 3. The Labute approximate surface area is 109 Å². The van der Waals surface area contributed by atoms with Crippen molar-refractivity contribution in [2.75, 3.05) is 0 Å². The normalized spacial score (nSPS) is 17.9. The number of ether oxygens (including phenoxy) is 1. The average Bonchev–Trinajstić information content (AvgIpc) is 2.89. The number of alkyl carbamates (subject to hydrolysis) is 1. The van der Waals surface area contributed by atoms with Gasteiger partial charge in [-0.2, -0.15) is 0 Å². The van der Waals surface area contributed by atoms with Crippen molar-refractivity contribution in [1.29, 1.82) is 0 Å². The fraction of sp³-hybridized carbons (Fsp3) is 0.0667. The molecule has 4 nitrogen and oxygen atoms in total. The molecule has 0 aromatic heterocycles. The summed E-state index contributed by atoms with van der Waals surface area (Å²) in [7, 11) is 0. The Morgan fingerprint density at radius 2 is 1.37 bits per heavy atom. The smallest absolute Gasteiger partial charge is 0.374 e. The van der Waals surface area contributed by atoms with Crippen LogP contribution in [0.4, 0.5) is 4.79 Å². The van der Waals surface area contributed by atoms with Gasteiger partial charge in [-0.1, -0.05) is 48.5 Å². The molecule has 1 N–H and O–H groups in total. The predicted octanol–water partition coefficient (Wildman–Crippen LogP) is 2.18. The molecule has 0 atom stereocenters. The monoisotopic (exact) mass is 251 g/mol. The van der Waals surface area contributed by atoms with Crippen molar-refractivity contribution >= 4 is 12.1 Å². The first kappa shape index (κ1) is 10.3. The molecule has 2 aromatic rings. The average molecular weight is 251 g/mol. The van der Waals surface area contributed by atoms with Gasteiger partial charge in [0.1, 0.15) is 0 Å². The summed E-state index contributed by atoms with van der Waals surface area (Å²) in [6.45, 7) is 0. The topological polar surface area (TPSA) is 55.4 Å². The summed E-state index contributed by atoms with van der Waals surface area (Å²) in [6.07, 6.45) is -0.698. The van der Waals surface area contributed by atoms with Crippen LogP contribution in [0, 0.1) is 0 Å². The van der Waals surface area contributed by atoms with E-state index in [4.69, 9.17) is 4.74 Å². The fourth-order valence-electron chi connectivity index (χ4n) is 2.98. The Morgan fingerprint density at radius 1 is 0.842 bits per heavy atom. The van der Waals surface area contributed by atoms with Gasteiger partial charge in [0.25, 0.3) is 0 Å². The van der Waals surface area contributed by atoms with Crippen molar-refractivity contribution in [3.05, 3.63) is 59.7 Å². The van der Waals surface area contributed by atoms with Crippen LogP contribution in [0.15, 0.2) is 48.5 Å². The number of amides is 1. The van der Waals surface area contributed by atoms with Crippen LogP contribution in [-0.4, -0.2) is 12.1 Å².